The number of hydrogen-bond donors (Lipinski definition) is 1. The van der Waals surface area contributed by atoms with Crippen LogP contribution in [0.3, 0.4) is 0 Å². The van der Waals surface area contributed by atoms with Gasteiger partial charge >= 0.3 is 12.1 Å². The second-order valence-electron chi connectivity index (χ2n) is 9.09. The number of benzene rings is 1. The largest absolute Gasteiger partial charge is 0.468 e. The average Bonchev–Trinajstić information content (AvgIpc) is 3.18. The van der Waals surface area contributed by atoms with Gasteiger partial charge < -0.3 is 19.4 Å². The second kappa shape index (κ2) is 8.50. The predicted octanol–water partition coefficient (Wildman–Crippen LogP) is 3.85. The molecule has 1 saturated carbocycles. The molecule has 1 amide bonds. The van der Waals surface area contributed by atoms with Crippen molar-refractivity contribution < 1.29 is 19.1 Å². The molecule has 0 aliphatic heterocycles. The highest BCUT2D eigenvalue weighted by molar-refractivity contribution is 5.86. The summed E-state index contributed by atoms with van der Waals surface area (Å²) in [4.78, 5) is 29.1. The van der Waals surface area contributed by atoms with Gasteiger partial charge in [0, 0.05) is 18.4 Å². The molecule has 0 bridgehead atoms. The number of carbonyl (C=O) groups excluding carboxylic acids is 2. The van der Waals surface area contributed by atoms with E-state index in [2.05, 4.69) is 17.2 Å². The minimum atomic E-state index is -0.713. The molecule has 2 aromatic rings. The third kappa shape index (κ3) is 4.83. The number of nitrogens with zero attached hydrogens (tertiary/aromatic N) is 2. The zero-order valence-corrected chi connectivity index (χ0v) is 18.3. The van der Waals surface area contributed by atoms with Crippen LogP contribution in [-0.2, 0) is 19.7 Å². The molecule has 0 radical (unpaired) electrons. The molecule has 3 rings (SSSR count). The zero-order valence-electron chi connectivity index (χ0n) is 18.3. The average molecular weight is 414 g/mol. The Kier molecular flexibility index (Phi) is 6.19. The van der Waals surface area contributed by atoms with E-state index in [0.29, 0.717) is 13.0 Å². The van der Waals surface area contributed by atoms with Gasteiger partial charge in [-0.15, -0.1) is 0 Å². The Morgan fingerprint density at radius 3 is 2.63 bits per heavy atom. The standard InChI is InChI=1S/C23H31N3O4/c1-16(13-24-21(28)30-22(2,3)4)11-17-12-23(17,20(27)29-5)19-14-26(15-25-19)18-9-7-6-8-10-18/h6-10,14-17H,11-13H2,1-5H3,(H,24,28)/t16-,17+,23-/m1/s1. The van der Waals surface area contributed by atoms with Crippen LogP contribution >= 0.6 is 0 Å². The molecule has 1 aromatic heterocycles. The molecule has 1 heterocycles. The van der Waals surface area contributed by atoms with Gasteiger partial charge in [0.1, 0.15) is 11.0 Å². The van der Waals surface area contributed by atoms with Crippen LogP contribution < -0.4 is 5.32 Å². The maximum atomic E-state index is 12.7. The van der Waals surface area contributed by atoms with Gasteiger partial charge in [0.25, 0.3) is 0 Å². The van der Waals surface area contributed by atoms with E-state index in [1.807, 2.05) is 61.9 Å². The van der Waals surface area contributed by atoms with E-state index in [9.17, 15) is 9.59 Å². The van der Waals surface area contributed by atoms with Crippen molar-refractivity contribution in [1.29, 1.82) is 0 Å². The van der Waals surface area contributed by atoms with E-state index in [1.54, 1.807) is 6.33 Å². The highest BCUT2D eigenvalue weighted by Crippen LogP contribution is 2.57. The molecule has 7 heteroatoms. The maximum Gasteiger partial charge on any atom is 0.407 e. The Morgan fingerprint density at radius 2 is 2.00 bits per heavy atom. The maximum absolute atomic E-state index is 12.7. The monoisotopic (exact) mass is 413 g/mol. The number of rotatable bonds is 7. The number of ether oxygens (including phenoxy) is 2. The molecule has 0 saturated heterocycles. The lowest BCUT2D eigenvalue weighted by Crippen LogP contribution is -2.35. The Balaban J connectivity index is 1.65. The van der Waals surface area contributed by atoms with Crippen LogP contribution in [0.25, 0.3) is 5.69 Å². The Hall–Kier alpha value is -2.83. The smallest absolute Gasteiger partial charge is 0.407 e. The van der Waals surface area contributed by atoms with E-state index in [1.165, 1.54) is 7.11 Å². The molecule has 1 fully saturated rings. The van der Waals surface area contributed by atoms with Crippen LogP contribution in [0.1, 0.15) is 46.2 Å². The van der Waals surface area contributed by atoms with E-state index < -0.39 is 17.1 Å². The van der Waals surface area contributed by atoms with Gasteiger partial charge in [-0.1, -0.05) is 25.1 Å². The van der Waals surface area contributed by atoms with Crippen LogP contribution in [0.15, 0.2) is 42.9 Å². The first kappa shape index (κ1) is 21.9. The van der Waals surface area contributed by atoms with Gasteiger partial charge in [0.15, 0.2) is 0 Å². The molecule has 3 atom stereocenters. The number of para-hydroxylation sites is 1. The summed E-state index contributed by atoms with van der Waals surface area (Å²) in [6.45, 7) is 8.04. The number of carbonyl (C=O) groups is 2. The predicted molar refractivity (Wildman–Crippen MR) is 113 cm³/mol. The first-order valence-electron chi connectivity index (χ1n) is 10.3. The van der Waals surface area contributed by atoms with Crippen LogP contribution in [0.5, 0.6) is 0 Å². The van der Waals surface area contributed by atoms with Crippen molar-refractivity contribution >= 4 is 12.1 Å². The number of aromatic nitrogens is 2. The summed E-state index contributed by atoms with van der Waals surface area (Å²) in [6, 6.07) is 9.87. The molecular weight excluding hydrogens is 382 g/mol. The second-order valence-corrected chi connectivity index (χ2v) is 9.09. The van der Waals surface area contributed by atoms with Crippen molar-refractivity contribution in [2.45, 2.75) is 51.6 Å². The minimum absolute atomic E-state index is 0.125. The Bertz CT molecular complexity index is 887. The lowest BCUT2D eigenvalue weighted by Gasteiger charge is -2.21. The topological polar surface area (TPSA) is 82.5 Å². The number of alkyl carbamates (subject to hydrolysis) is 1. The van der Waals surface area contributed by atoms with Crippen LogP contribution in [0.2, 0.25) is 0 Å². The highest BCUT2D eigenvalue weighted by atomic mass is 16.6. The summed E-state index contributed by atoms with van der Waals surface area (Å²) in [5, 5.41) is 2.81. The van der Waals surface area contributed by atoms with Crippen LogP contribution in [0, 0.1) is 11.8 Å². The van der Waals surface area contributed by atoms with Crippen LogP contribution in [0.4, 0.5) is 4.79 Å². The van der Waals surface area contributed by atoms with E-state index in [4.69, 9.17) is 9.47 Å². The first-order chi connectivity index (χ1) is 14.2. The summed E-state index contributed by atoms with van der Waals surface area (Å²) in [7, 11) is 1.42. The van der Waals surface area contributed by atoms with Gasteiger partial charge in [-0.05, 0) is 57.6 Å². The van der Waals surface area contributed by atoms with Gasteiger partial charge in [0.2, 0.25) is 0 Å². The number of esters is 1. The number of methoxy groups -OCH3 is 1. The molecule has 162 valence electrons. The first-order valence-corrected chi connectivity index (χ1v) is 10.3. The molecule has 0 spiro atoms. The molecule has 30 heavy (non-hydrogen) atoms. The number of hydrogen-bond acceptors (Lipinski definition) is 5. The molecular formula is C23H31N3O4. The number of imidazole rings is 1. The summed E-state index contributed by atoms with van der Waals surface area (Å²) in [6.07, 6.45) is 4.70. The van der Waals surface area contributed by atoms with Crippen molar-refractivity contribution in [3.63, 3.8) is 0 Å². The SMILES string of the molecule is COC(=O)[C@]1(c2cn(-c3ccccc3)cn2)C[C@@H]1C[C@@H](C)CNC(=O)OC(C)(C)C. The van der Waals surface area contributed by atoms with Gasteiger partial charge in [-0.2, -0.15) is 0 Å². The summed E-state index contributed by atoms with van der Waals surface area (Å²) in [5.41, 5.74) is 0.482. The van der Waals surface area contributed by atoms with Crippen molar-refractivity contribution in [1.82, 2.24) is 14.9 Å². The minimum Gasteiger partial charge on any atom is -0.468 e. The summed E-state index contributed by atoms with van der Waals surface area (Å²) < 4.78 is 12.3. The molecule has 0 unspecified atom stereocenters. The highest BCUT2D eigenvalue weighted by Gasteiger charge is 2.63. The Labute approximate surface area is 177 Å². The number of amides is 1. The van der Waals surface area contributed by atoms with E-state index in [0.717, 1.165) is 17.8 Å². The third-order valence-corrected chi connectivity index (χ3v) is 5.43. The molecule has 1 N–H and O–H groups in total. The van der Waals surface area contributed by atoms with Gasteiger partial charge in [-0.25, -0.2) is 9.78 Å². The van der Waals surface area contributed by atoms with E-state index >= 15 is 0 Å². The fraction of sp³-hybridized carbons (Fsp3) is 0.522. The quantitative estimate of drug-likeness (QED) is 0.697. The molecule has 7 nitrogen and oxygen atoms in total. The molecule has 1 aliphatic rings. The lowest BCUT2D eigenvalue weighted by molar-refractivity contribution is -0.144. The zero-order chi connectivity index (χ0) is 21.9. The Morgan fingerprint density at radius 1 is 1.30 bits per heavy atom. The molecule has 1 aromatic carbocycles. The van der Waals surface area contributed by atoms with Crippen molar-refractivity contribution in [3.05, 3.63) is 48.5 Å². The van der Waals surface area contributed by atoms with Gasteiger partial charge in [-0.3, -0.25) is 4.79 Å². The fourth-order valence-electron chi connectivity index (χ4n) is 3.90. The van der Waals surface area contributed by atoms with Gasteiger partial charge in [0.05, 0.1) is 19.1 Å². The fourth-order valence-corrected chi connectivity index (χ4v) is 3.90. The van der Waals surface area contributed by atoms with Crippen molar-refractivity contribution in [2.24, 2.45) is 11.8 Å². The van der Waals surface area contributed by atoms with Crippen molar-refractivity contribution in [3.8, 4) is 5.69 Å². The normalized spacial score (nSPS) is 21.6. The van der Waals surface area contributed by atoms with Crippen LogP contribution in [-0.4, -0.2) is 40.9 Å². The third-order valence-electron chi connectivity index (χ3n) is 5.43. The summed E-state index contributed by atoms with van der Waals surface area (Å²) in [5.74, 6) is 0.0582. The summed E-state index contributed by atoms with van der Waals surface area (Å²) >= 11 is 0. The lowest BCUT2D eigenvalue weighted by atomic mass is 9.94. The van der Waals surface area contributed by atoms with Crippen molar-refractivity contribution in [2.75, 3.05) is 13.7 Å². The number of nitrogens with one attached hydrogen (secondary N) is 1. The molecule has 1 aliphatic carbocycles. The van der Waals surface area contributed by atoms with E-state index in [-0.39, 0.29) is 17.8 Å².